The lowest BCUT2D eigenvalue weighted by atomic mass is 10.2. The van der Waals surface area contributed by atoms with Crippen molar-refractivity contribution in [1.29, 1.82) is 0 Å². The zero-order chi connectivity index (χ0) is 15.1. The van der Waals surface area contributed by atoms with Crippen LogP contribution in [0, 0.1) is 0 Å². The number of carbonyl (C=O) groups excluding carboxylic acids is 1. The fraction of sp³-hybridized carbons (Fsp3) is 0.333. The van der Waals surface area contributed by atoms with Crippen LogP contribution >= 0.6 is 0 Å². The van der Waals surface area contributed by atoms with Crippen molar-refractivity contribution in [3.63, 3.8) is 0 Å². The molecule has 0 fully saturated rings. The maximum Gasteiger partial charge on any atom is 0.320 e. The molecule has 2 aromatic rings. The van der Waals surface area contributed by atoms with Crippen LogP contribution in [0.15, 0.2) is 40.9 Å². The predicted molar refractivity (Wildman–Crippen MR) is 79.9 cm³/mol. The molecule has 1 aromatic heterocycles. The average Bonchev–Trinajstić information content (AvgIpc) is 2.95. The second-order valence-corrected chi connectivity index (χ2v) is 4.72. The Morgan fingerprint density at radius 2 is 2.14 bits per heavy atom. The number of benzene rings is 1. The third-order valence-corrected chi connectivity index (χ3v) is 2.93. The second kappa shape index (κ2) is 7.44. The van der Waals surface area contributed by atoms with Crippen LogP contribution in [0.4, 0.5) is 10.6 Å². The third-order valence-electron chi connectivity index (χ3n) is 2.93. The fourth-order valence-electron chi connectivity index (χ4n) is 1.88. The van der Waals surface area contributed by atoms with E-state index in [0.717, 1.165) is 12.0 Å². The Kier molecular flexibility index (Phi) is 5.34. The summed E-state index contributed by atoms with van der Waals surface area (Å²) in [5, 5.41) is 18.5. The summed E-state index contributed by atoms with van der Waals surface area (Å²) in [7, 11) is 0. The monoisotopic (exact) mass is 289 g/mol. The summed E-state index contributed by atoms with van der Waals surface area (Å²) in [6.07, 6.45) is 0.995. The molecule has 2 rings (SSSR count). The van der Waals surface area contributed by atoms with Crippen molar-refractivity contribution >= 4 is 11.8 Å². The molecule has 112 valence electrons. The predicted octanol–water partition coefficient (Wildman–Crippen LogP) is 2.62. The molecule has 0 aliphatic heterocycles. The molecule has 1 aromatic carbocycles. The van der Waals surface area contributed by atoms with E-state index in [1.165, 1.54) is 0 Å². The molecule has 0 bridgehead atoms. The molecule has 0 spiro atoms. The average molecular weight is 289 g/mol. The highest BCUT2D eigenvalue weighted by Crippen LogP contribution is 2.21. The summed E-state index contributed by atoms with van der Waals surface area (Å²) in [5.41, 5.74) is 0.886. The number of nitrogens with zero attached hydrogens (tertiary/aromatic N) is 1. The first kappa shape index (κ1) is 15.1. The van der Waals surface area contributed by atoms with E-state index in [1.54, 1.807) is 6.07 Å². The summed E-state index contributed by atoms with van der Waals surface area (Å²) in [6.45, 7) is 2.19. The lowest BCUT2D eigenvalue weighted by Crippen LogP contribution is -2.35. The highest BCUT2D eigenvalue weighted by atomic mass is 16.5. The van der Waals surface area contributed by atoms with E-state index in [9.17, 15) is 9.90 Å². The molecule has 0 aliphatic rings. The Hall–Kier alpha value is -2.34. The second-order valence-electron chi connectivity index (χ2n) is 4.72. The van der Waals surface area contributed by atoms with Gasteiger partial charge in [0.2, 0.25) is 0 Å². The summed E-state index contributed by atoms with van der Waals surface area (Å²) in [6, 6.07) is 10.7. The van der Waals surface area contributed by atoms with Gasteiger partial charge >= 0.3 is 6.03 Å². The maximum atomic E-state index is 11.7. The molecule has 0 radical (unpaired) electrons. The molecule has 1 atom stereocenters. The third kappa shape index (κ3) is 4.61. The van der Waals surface area contributed by atoms with Gasteiger partial charge in [0.25, 0.3) is 0 Å². The standard InChI is InChI=1S/C15H19N3O3/c1-2-6-12(19)10-16-15(20)17-14-9-13(21-18-14)11-7-4-3-5-8-11/h3-5,7-9,12,19H,2,6,10H2,1H3,(H2,16,17,18,20). The Balaban J connectivity index is 1.86. The molecular weight excluding hydrogens is 270 g/mol. The van der Waals surface area contributed by atoms with E-state index < -0.39 is 12.1 Å². The number of aliphatic hydroxyl groups excluding tert-OH is 1. The van der Waals surface area contributed by atoms with Gasteiger partial charge in [0.1, 0.15) is 0 Å². The molecule has 6 nitrogen and oxygen atoms in total. The number of hydrogen-bond acceptors (Lipinski definition) is 4. The minimum atomic E-state index is -0.530. The first-order valence-corrected chi connectivity index (χ1v) is 6.94. The van der Waals surface area contributed by atoms with Crippen LogP contribution in [0.25, 0.3) is 11.3 Å². The van der Waals surface area contributed by atoms with Crippen LogP contribution in [0.3, 0.4) is 0 Å². The zero-order valence-corrected chi connectivity index (χ0v) is 11.9. The van der Waals surface area contributed by atoms with Crippen molar-refractivity contribution in [1.82, 2.24) is 10.5 Å². The van der Waals surface area contributed by atoms with Crippen molar-refractivity contribution in [2.75, 3.05) is 11.9 Å². The highest BCUT2D eigenvalue weighted by molar-refractivity contribution is 5.88. The Bertz CT molecular complexity index is 569. The first-order valence-electron chi connectivity index (χ1n) is 6.94. The molecule has 3 N–H and O–H groups in total. The van der Waals surface area contributed by atoms with E-state index in [4.69, 9.17) is 4.52 Å². The van der Waals surface area contributed by atoms with Gasteiger partial charge in [-0.2, -0.15) is 0 Å². The smallest absolute Gasteiger partial charge is 0.320 e. The number of amides is 2. The van der Waals surface area contributed by atoms with E-state index >= 15 is 0 Å². The summed E-state index contributed by atoms with van der Waals surface area (Å²) in [5.74, 6) is 0.910. The van der Waals surface area contributed by atoms with E-state index in [0.29, 0.717) is 18.0 Å². The van der Waals surface area contributed by atoms with Gasteiger partial charge in [-0.1, -0.05) is 48.8 Å². The van der Waals surface area contributed by atoms with Crippen molar-refractivity contribution < 1.29 is 14.4 Å². The van der Waals surface area contributed by atoms with Crippen molar-refractivity contribution in [2.45, 2.75) is 25.9 Å². The summed E-state index contributed by atoms with van der Waals surface area (Å²) >= 11 is 0. The van der Waals surface area contributed by atoms with Crippen LogP contribution in [0.5, 0.6) is 0 Å². The molecule has 1 heterocycles. The molecule has 0 aliphatic carbocycles. The van der Waals surface area contributed by atoms with Crippen LogP contribution in [-0.2, 0) is 0 Å². The van der Waals surface area contributed by atoms with Gasteiger partial charge in [-0.3, -0.25) is 5.32 Å². The Labute approximate surface area is 123 Å². The topological polar surface area (TPSA) is 87.4 Å². The van der Waals surface area contributed by atoms with Gasteiger partial charge < -0.3 is 14.9 Å². The SMILES string of the molecule is CCCC(O)CNC(=O)Nc1cc(-c2ccccc2)on1. The minimum absolute atomic E-state index is 0.211. The van der Waals surface area contributed by atoms with Crippen molar-refractivity contribution in [3.05, 3.63) is 36.4 Å². The number of anilines is 1. The quantitative estimate of drug-likeness (QED) is 0.763. The van der Waals surface area contributed by atoms with E-state index in [1.807, 2.05) is 37.3 Å². The van der Waals surface area contributed by atoms with E-state index in [-0.39, 0.29) is 6.54 Å². The fourth-order valence-corrected chi connectivity index (χ4v) is 1.88. The number of hydrogen-bond donors (Lipinski definition) is 3. The Morgan fingerprint density at radius 1 is 1.38 bits per heavy atom. The number of aromatic nitrogens is 1. The molecule has 0 saturated carbocycles. The number of rotatable bonds is 6. The minimum Gasteiger partial charge on any atom is -0.391 e. The van der Waals surface area contributed by atoms with Gasteiger partial charge in [-0.25, -0.2) is 4.79 Å². The van der Waals surface area contributed by atoms with Gasteiger partial charge in [0.15, 0.2) is 11.6 Å². The Morgan fingerprint density at radius 3 is 2.86 bits per heavy atom. The largest absolute Gasteiger partial charge is 0.391 e. The van der Waals surface area contributed by atoms with Crippen LogP contribution in [0.2, 0.25) is 0 Å². The number of nitrogens with one attached hydrogen (secondary N) is 2. The van der Waals surface area contributed by atoms with Gasteiger partial charge in [-0.15, -0.1) is 0 Å². The van der Waals surface area contributed by atoms with Gasteiger partial charge in [0, 0.05) is 18.2 Å². The highest BCUT2D eigenvalue weighted by Gasteiger charge is 2.10. The van der Waals surface area contributed by atoms with Crippen molar-refractivity contribution in [2.24, 2.45) is 0 Å². The molecule has 2 amide bonds. The van der Waals surface area contributed by atoms with Crippen molar-refractivity contribution in [3.8, 4) is 11.3 Å². The summed E-state index contributed by atoms with van der Waals surface area (Å²) < 4.78 is 5.17. The first-order chi connectivity index (χ1) is 10.2. The molecule has 1 unspecified atom stereocenters. The van der Waals surface area contributed by atoms with E-state index in [2.05, 4.69) is 15.8 Å². The summed E-state index contributed by atoms with van der Waals surface area (Å²) in [4.78, 5) is 11.7. The van der Waals surface area contributed by atoms with Gasteiger partial charge in [-0.05, 0) is 6.42 Å². The lowest BCUT2D eigenvalue weighted by Gasteiger charge is -2.10. The normalized spacial score (nSPS) is 11.9. The van der Waals surface area contributed by atoms with Crippen LogP contribution in [0.1, 0.15) is 19.8 Å². The molecule has 0 saturated heterocycles. The maximum absolute atomic E-state index is 11.7. The number of carbonyl (C=O) groups is 1. The molecular formula is C15H19N3O3. The van der Waals surface area contributed by atoms with Crippen LogP contribution in [-0.4, -0.2) is 28.9 Å². The number of urea groups is 1. The lowest BCUT2D eigenvalue weighted by molar-refractivity contribution is 0.162. The van der Waals surface area contributed by atoms with Crippen LogP contribution < -0.4 is 10.6 Å². The van der Waals surface area contributed by atoms with Gasteiger partial charge in [0.05, 0.1) is 6.10 Å². The number of aliphatic hydroxyl groups is 1. The molecule has 21 heavy (non-hydrogen) atoms. The molecule has 6 heteroatoms. The zero-order valence-electron chi connectivity index (χ0n) is 11.9.